The number of furan rings is 1. The Kier molecular flexibility index (Phi) is 4.36. The standard InChI is InChI=1S/C37H29NO/c1-2-9-26(10-3-1)38(27-19-20-29-28-11-5-7-16-34(28)39-35(29)22-27)33-15-8-14-32-36(33)30-12-4-6-13-31(30)37(32)23-24-17-18-25(37)21-24/h1-16,19-20,22,24-25H,17-18,21,23H2. The molecule has 3 atom stereocenters. The molecule has 2 nitrogen and oxygen atoms in total. The number of anilines is 3. The molecule has 2 heteroatoms. The fraction of sp³-hybridized carbons (Fsp3) is 0.189. The summed E-state index contributed by atoms with van der Waals surface area (Å²) in [7, 11) is 0. The van der Waals surface area contributed by atoms with Gasteiger partial charge in [-0.05, 0) is 84.2 Å². The normalized spacial score (nSPS) is 22.6. The van der Waals surface area contributed by atoms with Crippen LogP contribution < -0.4 is 4.90 Å². The van der Waals surface area contributed by atoms with Crippen LogP contribution >= 0.6 is 0 Å². The van der Waals surface area contributed by atoms with Gasteiger partial charge in [-0.3, -0.25) is 0 Å². The molecule has 188 valence electrons. The number of benzene rings is 5. The molecule has 3 unspecified atom stereocenters. The van der Waals surface area contributed by atoms with Gasteiger partial charge < -0.3 is 9.32 Å². The van der Waals surface area contributed by atoms with Gasteiger partial charge in [0.15, 0.2) is 0 Å². The van der Waals surface area contributed by atoms with Crippen LogP contribution in [0.25, 0.3) is 33.1 Å². The molecule has 3 aliphatic carbocycles. The van der Waals surface area contributed by atoms with Gasteiger partial charge in [0.2, 0.25) is 0 Å². The first kappa shape index (κ1) is 21.6. The predicted octanol–water partition coefficient (Wildman–Crippen LogP) is 10.1. The Labute approximate surface area is 228 Å². The van der Waals surface area contributed by atoms with Crippen LogP contribution in [-0.2, 0) is 5.41 Å². The molecule has 0 N–H and O–H groups in total. The van der Waals surface area contributed by atoms with Crippen LogP contribution in [0, 0.1) is 11.8 Å². The summed E-state index contributed by atoms with van der Waals surface area (Å²) >= 11 is 0. The average molecular weight is 504 g/mol. The van der Waals surface area contributed by atoms with E-state index in [-0.39, 0.29) is 5.41 Å². The van der Waals surface area contributed by atoms with Crippen LogP contribution in [0.1, 0.15) is 36.8 Å². The molecule has 0 radical (unpaired) electrons. The summed E-state index contributed by atoms with van der Waals surface area (Å²) in [5.74, 6) is 1.61. The Morgan fingerprint density at radius 2 is 1.44 bits per heavy atom. The Balaban J connectivity index is 1.31. The SMILES string of the molecule is c1ccc(N(c2ccc3c(c2)oc2ccccc23)c2cccc3c2-c2ccccc2C32CC3CCC2C3)cc1. The van der Waals surface area contributed by atoms with E-state index in [1.54, 1.807) is 11.1 Å². The molecule has 2 fully saturated rings. The molecule has 1 spiro atoms. The van der Waals surface area contributed by atoms with Crippen molar-refractivity contribution >= 4 is 39.0 Å². The van der Waals surface area contributed by atoms with Gasteiger partial charge in [0.05, 0.1) is 5.69 Å². The molecule has 1 heterocycles. The van der Waals surface area contributed by atoms with Gasteiger partial charge in [-0.15, -0.1) is 0 Å². The van der Waals surface area contributed by atoms with Crippen LogP contribution in [0.4, 0.5) is 17.1 Å². The van der Waals surface area contributed by atoms with Crippen LogP contribution in [0.3, 0.4) is 0 Å². The minimum atomic E-state index is 0.163. The number of fused-ring (bicyclic) bond motifs is 11. The van der Waals surface area contributed by atoms with E-state index in [2.05, 4.69) is 114 Å². The van der Waals surface area contributed by atoms with Crippen molar-refractivity contribution in [3.8, 4) is 11.1 Å². The van der Waals surface area contributed by atoms with Crippen LogP contribution in [0.2, 0.25) is 0 Å². The average Bonchev–Trinajstić information content (AvgIpc) is 3.76. The summed E-state index contributed by atoms with van der Waals surface area (Å²) in [6.07, 6.45) is 5.43. The van der Waals surface area contributed by atoms with E-state index >= 15 is 0 Å². The predicted molar refractivity (Wildman–Crippen MR) is 160 cm³/mol. The van der Waals surface area contributed by atoms with Crippen LogP contribution in [0.15, 0.2) is 120 Å². The molecule has 1 aromatic heterocycles. The second-order valence-electron chi connectivity index (χ2n) is 11.7. The van der Waals surface area contributed by atoms with E-state index in [9.17, 15) is 0 Å². The third-order valence-electron chi connectivity index (χ3n) is 9.92. The zero-order valence-electron chi connectivity index (χ0n) is 21.8. The maximum absolute atomic E-state index is 6.35. The third kappa shape index (κ3) is 2.87. The maximum Gasteiger partial charge on any atom is 0.137 e. The van der Waals surface area contributed by atoms with Crippen molar-refractivity contribution in [1.29, 1.82) is 0 Å². The van der Waals surface area contributed by atoms with E-state index in [1.165, 1.54) is 42.5 Å². The van der Waals surface area contributed by atoms with Crippen molar-refractivity contribution in [2.45, 2.75) is 31.1 Å². The lowest BCUT2D eigenvalue weighted by Gasteiger charge is -2.37. The van der Waals surface area contributed by atoms with E-state index in [4.69, 9.17) is 4.42 Å². The maximum atomic E-state index is 6.35. The van der Waals surface area contributed by atoms with Gasteiger partial charge in [0, 0.05) is 39.2 Å². The Hall–Kier alpha value is -4.30. The molecule has 2 saturated carbocycles. The molecule has 0 saturated heterocycles. The monoisotopic (exact) mass is 503 g/mol. The van der Waals surface area contributed by atoms with Gasteiger partial charge in [-0.1, -0.05) is 79.2 Å². The fourth-order valence-electron chi connectivity index (χ4n) is 8.46. The quantitative estimate of drug-likeness (QED) is 0.239. The Bertz CT molecular complexity index is 1900. The zero-order chi connectivity index (χ0) is 25.6. The summed E-state index contributed by atoms with van der Waals surface area (Å²) in [5.41, 5.74) is 11.5. The van der Waals surface area contributed by atoms with Gasteiger partial charge in [0.25, 0.3) is 0 Å². The lowest BCUT2D eigenvalue weighted by molar-refractivity contribution is 0.327. The molecule has 39 heavy (non-hydrogen) atoms. The molecule has 6 aromatic rings. The van der Waals surface area contributed by atoms with Gasteiger partial charge in [-0.2, -0.15) is 0 Å². The largest absolute Gasteiger partial charge is 0.456 e. The van der Waals surface area contributed by atoms with Crippen molar-refractivity contribution < 1.29 is 4.42 Å². The third-order valence-corrected chi connectivity index (χ3v) is 9.92. The highest BCUT2D eigenvalue weighted by Crippen LogP contribution is 2.67. The van der Waals surface area contributed by atoms with E-state index < -0.39 is 0 Å². The topological polar surface area (TPSA) is 16.4 Å². The molecule has 5 aromatic carbocycles. The van der Waals surface area contributed by atoms with Crippen molar-refractivity contribution in [3.05, 3.63) is 126 Å². The highest BCUT2D eigenvalue weighted by Gasteiger charge is 2.57. The molecular formula is C37H29NO. The van der Waals surface area contributed by atoms with Crippen molar-refractivity contribution in [2.24, 2.45) is 11.8 Å². The minimum Gasteiger partial charge on any atom is -0.456 e. The minimum absolute atomic E-state index is 0.163. The Morgan fingerprint density at radius 1 is 0.641 bits per heavy atom. The molecular weight excluding hydrogens is 474 g/mol. The second kappa shape index (κ2) is 7.86. The first-order valence-electron chi connectivity index (χ1n) is 14.3. The van der Waals surface area contributed by atoms with Crippen LogP contribution in [0.5, 0.6) is 0 Å². The molecule has 0 aliphatic heterocycles. The summed E-state index contributed by atoms with van der Waals surface area (Å²) in [6, 6.07) is 42.1. The smallest absolute Gasteiger partial charge is 0.137 e. The van der Waals surface area contributed by atoms with Crippen molar-refractivity contribution in [1.82, 2.24) is 0 Å². The first-order chi connectivity index (χ1) is 19.3. The van der Waals surface area contributed by atoms with Gasteiger partial charge in [-0.25, -0.2) is 0 Å². The van der Waals surface area contributed by atoms with Crippen molar-refractivity contribution in [2.75, 3.05) is 4.90 Å². The second-order valence-corrected chi connectivity index (χ2v) is 11.7. The van der Waals surface area contributed by atoms with Gasteiger partial charge in [0.1, 0.15) is 11.2 Å². The summed E-state index contributed by atoms with van der Waals surface area (Å²) in [5, 5.41) is 2.32. The molecule has 2 bridgehead atoms. The fourth-order valence-corrected chi connectivity index (χ4v) is 8.46. The number of nitrogens with zero attached hydrogens (tertiary/aromatic N) is 1. The summed E-state index contributed by atoms with van der Waals surface area (Å²) in [6.45, 7) is 0. The summed E-state index contributed by atoms with van der Waals surface area (Å²) < 4.78 is 6.35. The highest BCUT2D eigenvalue weighted by atomic mass is 16.3. The highest BCUT2D eigenvalue weighted by molar-refractivity contribution is 6.06. The van der Waals surface area contributed by atoms with E-state index in [0.29, 0.717) is 0 Å². The number of hydrogen-bond acceptors (Lipinski definition) is 2. The van der Waals surface area contributed by atoms with E-state index in [0.717, 1.165) is 45.1 Å². The molecule has 3 aliphatic rings. The first-order valence-corrected chi connectivity index (χ1v) is 14.3. The number of hydrogen-bond donors (Lipinski definition) is 0. The van der Waals surface area contributed by atoms with E-state index in [1.807, 2.05) is 6.07 Å². The molecule has 0 amide bonds. The summed E-state index contributed by atoms with van der Waals surface area (Å²) in [4.78, 5) is 2.44. The number of para-hydroxylation sites is 2. The lowest BCUT2D eigenvalue weighted by atomic mass is 9.67. The van der Waals surface area contributed by atoms with Crippen molar-refractivity contribution in [3.63, 3.8) is 0 Å². The number of rotatable bonds is 3. The van der Waals surface area contributed by atoms with Gasteiger partial charge >= 0.3 is 0 Å². The Morgan fingerprint density at radius 3 is 2.31 bits per heavy atom. The zero-order valence-corrected chi connectivity index (χ0v) is 21.8. The van der Waals surface area contributed by atoms with Crippen LogP contribution in [-0.4, -0.2) is 0 Å². The molecule has 9 rings (SSSR count). The lowest BCUT2D eigenvalue weighted by Crippen LogP contribution is -2.31.